The van der Waals surface area contributed by atoms with Crippen LogP contribution in [0.5, 0.6) is 0 Å². The van der Waals surface area contributed by atoms with Crippen molar-refractivity contribution in [3.8, 4) is 0 Å². The number of carbonyl (C=O) groups is 1. The Morgan fingerprint density at radius 3 is 2.77 bits per heavy atom. The molecule has 0 spiro atoms. The summed E-state index contributed by atoms with van der Waals surface area (Å²) in [6.45, 7) is 9.42. The Morgan fingerprint density at radius 1 is 1.32 bits per heavy atom. The lowest BCUT2D eigenvalue weighted by Crippen LogP contribution is -2.47. The van der Waals surface area contributed by atoms with Gasteiger partial charge in [-0.3, -0.25) is 9.69 Å². The molecule has 0 N–H and O–H groups in total. The normalized spacial score (nSPS) is 15.8. The van der Waals surface area contributed by atoms with Crippen molar-refractivity contribution in [1.82, 2.24) is 9.88 Å². The molecule has 0 saturated carbocycles. The first kappa shape index (κ1) is 16.7. The number of rotatable bonds is 7. The van der Waals surface area contributed by atoms with Crippen LogP contribution < -0.4 is 4.90 Å². The molecular formula is C17H27N3O2. The van der Waals surface area contributed by atoms with Crippen LogP contribution in [0.2, 0.25) is 0 Å². The number of nitrogens with zero attached hydrogens (tertiary/aromatic N) is 3. The smallest absolute Gasteiger partial charge is 0.305 e. The quantitative estimate of drug-likeness (QED) is 0.723. The topological polar surface area (TPSA) is 45.7 Å². The Bertz CT molecular complexity index is 471. The first-order chi connectivity index (χ1) is 10.7. The van der Waals surface area contributed by atoms with Gasteiger partial charge in [0.1, 0.15) is 12.4 Å². The SMILES string of the molecule is CCCCC(=O)OCCN1CCN(c2cc(C)ccn2)CC1. The van der Waals surface area contributed by atoms with Crippen molar-refractivity contribution in [2.45, 2.75) is 33.1 Å². The van der Waals surface area contributed by atoms with Crippen molar-refractivity contribution in [1.29, 1.82) is 0 Å². The van der Waals surface area contributed by atoms with Gasteiger partial charge in [0, 0.05) is 45.3 Å². The van der Waals surface area contributed by atoms with Crippen LogP contribution in [-0.2, 0) is 9.53 Å². The monoisotopic (exact) mass is 305 g/mol. The standard InChI is InChI=1S/C17H27N3O2/c1-3-4-5-17(21)22-13-12-19-8-10-20(11-9-19)16-14-15(2)6-7-18-16/h6-7,14H,3-5,8-13H2,1-2H3. The minimum Gasteiger partial charge on any atom is -0.464 e. The third-order valence-electron chi connectivity index (χ3n) is 4.00. The second kappa shape index (κ2) is 8.73. The molecule has 5 nitrogen and oxygen atoms in total. The van der Waals surface area contributed by atoms with Gasteiger partial charge >= 0.3 is 5.97 Å². The Morgan fingerprint density at radius 2 is 2.09 bits per heavy atom. The lowest BCUT2D eigenvalue weighted by Gasteiger charge is -2.35. The molecule has 1 saturated heterocycles. The zero-order valence-corrected chi connectivity index (χ0v) is 13.8. The molecule has 0 aliphatic carbocycles. The maximum absolute atomic E-state index is 11.5. The maximum Gasteiger partial charge on any atom is 0.305 e. The molecule has 1 aromatic heterocycles. The number of anilines is 1. The van der Waals surface area contributed by atoms with E-state index in [1.54, 1.807) is 0 Å². The molecule has 1 aliphatic rings. The highest BCUT2D eigenvalue weighted by atomic mass is 16.5. The van der Waals surface area contributed by atoms with Crippen LogP contribution in [0.15, 0.2) is 18.3 Å². The van der Waals surface area contributed by atoms with E-state index in [1.807, 2.05) is 12.3 Å². The highest BCUT2D eigenvalue weighted by molar-refractivity contribution is 5.69. The highest BCUT2D eigenvalue weighted by Crippen LogP contribution is 2.14. The summed E-state index contributed by atoms with van der Waals surface area (Å²) in [6.07, 6.45) is 4.36. The van der Waals surface area contributed by atoms with Crippen molar-refractivity contribution >= 4 is 11.8 Å². The molecule has 2 rings (SSSR count). The summed E-state index contributed by atoms with van der Waals surface area (Å²) in [5.41, 5.74) is 1.24. The number of esters is 1. The Labute approximate surface area is 133 Å². The molecule has 122 valence electrons. The van der Waals surface area contributed by atoms with E-state index in [9.17, 15) is 4.79 Å². The van der Waals surface area contributed by atoms with E-state index in [1.165, 1.54) is 5.56 Å². The molecule has 22 heavy (non-hydrogen) atoms. The second-order valence-corrected chi connectivity index (χ2v) is 5.84. The zero-order valence-electron chi connectivity index (χ0n) is 13.8. The van der Waals surface area contributed by atoms with E-state index in [-0.39, 0.29) is 5.97 Å². The number of piperazine rings is 1. The van der Waals surface area contributed by atoms with Crippen LogP contribution in [-0.4, -0.2) is 55.2 Å². The number of ether oxygens (including phenoxy) is 1. The summed E-state index contributed by atoms with van der Waals surface area (Å²) in [6, 6.07) is 4.15. The molecule has 0 aromatic carbocycles. The largest absolute Gasteiger partial charge is 0.464 e. The van der Waals surface area contributed by atoms with Crippen LogP contribution in [0.1, 0.15) is 31.7 Å². The van der Waals surface area contributed by atoms with E-state index >= 15 is 0 Å². The average molecular weight is 305 g/mol. The van der Waals surface area contributed by atoms with E-state index in [4.69, 9.17) is 4.74 Å². The fourth-order valence-electron chi connectivity index (χ4n) is 2.58. The first-order valence-corrected chi connectivity index (χ1v) is 8.24. The molecule has 1 aliphatic heterocycles. The van der Waals surface area contributed by atoms with Gasteiger partial charge in [-0.1, -0.05) is 13.3 Å². The number of carbonyl (C=O) groups excluding carboxylic acids is 1. The molecule has 5 heteroatoms. The third-order valence-corrected chi connectivity index (χ3v) is 4.00. The van der Waals surface area contributed by atoms with Crippen molar-refractivity contribution in [3.05, 3.63) is 23.9 Å². The number of unbranched alkanes of at least 4 members (excludes halogenated alkanes) is 1. The molecule has 0 atom stereocenters. The molecule has 0 unspecified atom stereocenters. The Hall–Kier alpha value is -1.62. The summed E-state index contributed by atoms with van der Waals surface area (Å²) in [7, 11) is 0. The minimum absolute atomic E-state index is 0.0653. The van der Waals surface area contributed by atoms with Crippen molar-refractivity contribution in [2.24, 2.45) is 0 Å². The van der Waals surface area contributed by atoms with Crippen LogP contribution in [0.25, 0.3) is 0 Å². The van der Waals surface area contributed by atoms with Crippen molar-refractivity contribution < 1.29 is 9.53 Å². The molecule has 0 radical (unpaired) electrons. The summed E-state index contributed by atoms with van der Waals surface area (Å²) in [5, 5.41) is 0. The fraction of sp³-hybridized carbons (Fsp3) is 0.647. The van der Waals surface area contributed by atoms with Gasteiger partial charge in [0.2, 0.25) is 0 Å². The summed E-state index contributed by atoms with van der Waals surface area (Å²) in [4.78, 5) is 20.6. The molecule has 0 amide bonds. The van der Waals surface area contributed by atoms with Gasteiger partial charge in [0.15, 0.2) is 0 Å². The van der Waals surface area contributed by atoms with Crippen molar-refractivity contribution in [3.63, 3.8) is 0 Å². The molecular weight excluding hydrogens is 278 g/mol. The van der Waals surface area contributed by atoms with E-state index in [2.05, 4.69) is 34.7 Å². The summed E-state index contributed by atoms with van der Waals surface area (Å²) < 4.78 is 5.27. The van der Waals surface area contributed by atoms with E-state index in [0.29, 0.717) is 13.0 Å². The average Bonchev–Trinajstić information content (AvgIpc) is 2.53. The predicted octanol–water partition coefficient (Wildman–Crippen LogP) is 2.25. The van der Waals surface area contributed by atoms with Gasteiger partial charge in [-0.2, -0.15) is 0 Å². The van der Waals surface area contributed by atoms with Gasteiger partial charge in [0.25, 0.3) is 0 Å². The van der Waals surface area contributed by atoms with Crippen LogP contribution in [0.3, 0.4) is 0 Å². The predicted molar refractivity (Wildman–Crippen MR) is 88.1 cm³/mol. The van der Waals surface area contributed by atoms with Gasteiger partial charge in [0.05, 0.1) is 0 Å². The molecule has 1 aromatic rings. The lowest BCUT2D eigenvalue weighted by molar-refractivity contribution is -0.144. The van der Waals surface area contributed by atoms with Crippen LogP contribution >= 0.6 is 0 Å². The van der Waals surface area contributed by atoms with Gasteiger partial charge in [-0.05, 0) is 31.0 Å². The summed E-state index contributed by atoms with van der Waals surface area (Å²) >= 11 is 0. The number of aryl methyl sites for hydroxylation is 1. The lowest BCUT2D eigenvalue weighted by atomic mass is 10.2. The molecule has 2 heterocycles. The van der Waals surface area contributed by atoms with Gasteiger partial charge < -0.3 is 9.64 Å². The van der Waals surface area contributed by atoms with Crippen molar-refractivity contribution in [2.75, 3.05) is 44.2 Å². The zero-order chi connectivity index (χ0) is 15.8. The second-order valence-electron chi connectivity index (χ2n) is 5.84. The minimum atomic E-state index is -0.0653. The van der Waals surface area contributed by atoms with E-state index in [0.717, 1.165) is 51.4 Å². The van der Waals surface area contributed by atoms with Crippen LogP contribution in [0.4, 0.5) is 5.82 Å². The van der Waals surface area contributed by atoms with Gasteiger partial charge in [-0.25, -0.2) is 4.98 Å². The number of pyridine rings is 1. The van der Waals surface area contributed by atoms with Gasteiger partial charge in [-0.15, -0.1) is 0 Å². The number of aromatic nitrogens is 1. The van der Waals surface area contributed by atoms with E-state index < -0.39 is 0 Å². The fourth-order valence-corrected chi connectivity index (χ4v) is 2.58. The number of hydrogen-bond acceptors (Lipinski definition) is 5. The number of hydrogen-bond donors (Lipinski definition) is 0. The third kappa shape index (κ3) is 5.30. The maximum atomic E-state index is 11.5. The summed E-state index contributed by atoms with van der Waals surface area (Å²) in [5.74, 6) is 0.995. The highest BCUT2D eigenvalue weighted by Gasteiger charge is 2.18. The Balaban J connectivity index is 1.66. The first-order valence-electron chi connectivity index (χ1n) is 8.24. The Kier molecular flexibility index (Phi) is 6.65. The molecule has 0 bridgehead atoms. The molecule has 1 fully saturated rings. The van der Waals surface area contributed by atoms with Crippen LogP contribution in [0, 0.1) is 6.92 Å².